The number of carbonyl (C=O) groups is 1. The predicted molar refractivity (Wildman–Crippen MR) is 112 cm³/mol. The maximum Gasteiger partial charge on any atom is 0.166 e. The van der Waals surface area contributed by atoms with Gasteiger partial charge in [-0.15, -0.1) is 0 Å². The quantitative estimate of drug-likeness (QED) is 0.646. The van der Waals surface area contributed by atoms with Crippen LogP contribution in [0.1, 0.15) is 52.5 Å². The van der Waals surface area contributed by atoms with E-state index < -0.39 is 5.79 Å². The molecule has 2 aromatic rings. The molecular weight excluding hydrogens is 398 g/mol. The van der Waals surface area contributed by atoms with Crippen LogP contribution in [0.4, 0.5) is 0 Å². The highest BCUT2D eigenvalue weighted by Gasteiger charge is 2.56. The molecule has 0 spiro atoms. The van der Waals surface area contributed by atoms with Gasteiger partial charge in [0.2, 0.25) is 0 Å². The van der Waals surface area contributed by atoms with Gasteiger partial charge < -0.3 is 19.0 Å². The van der Waals surface area contributed by atoms with Gasteiger partial charge in [0.05, 0.1) is 12.0 Å². The van der Waals surface area contributed by atoms with E-state index in [1.807, 2.05) is 25.3 Å². The van der Waals surface area contributed by atoms with Crippen LogP contribution in [0.15, 0.2) is 12.7 Å². The summed E-state index contributed by atoms with van der Waals surface area (Å²) >= 11 is 0. The number of nitrogens with zero attached hydrogens (tertiary/aromatic N) is 5. The molecule has 4 atom stereocenters. The SMILES string of the molecule is Cc1ncnc2c1ncn2[C@@H]1O[C@H](CN(C(C)C)C2CC(C=O)C2)[C@H]2OC(C)(C)O[C@H]21. The van der Waals surface area contributed by atoms with Gasteiger partial charge in [0, 0.05) is 24.5 Å². The zero-order chi connectivity index (χ0) is 21.9. The van der Waals surface area contributed by atoms with Crippen LogP contribution >= 0.6 is 0 Å². The van der Waals surface area contributed by atoms with Crippen LogP contribution in [-0.2, 0) is 19.0 Å². The third-order valence-corrected chi connectivity index (χ3v) is 6.81. The first kappa shape index (κ1) is 20.9. The van der Waals surface area contributed by atoms with Gasteiger partial charge >= 0.3 is 0 Å². The number of ether oxygens (including phenoxy) is 3. The van der Waals surface area contributed by atoms with Crippen LogP contribution in [0.5, 0.6) is 0 Å². The Morgan fingerprint density at radius 1 is 1.23 bits per heavy atom. The number of rotatable bonds is 6. The Labute approximate surface area is 182 Å². The Morgan fingerprint density at radius 3 is 2.68 bits per heavy atom. The number of aromatic nitrogens is 4. The van der Waals surface area contributed by atoms with E-state index in [1.165, 1.54) is 0 Å². The van der Waals surface area contributed by atoms with Crippen LogP contribution in [0.2, 0.25) is 0 Å². The highest BCUT2D eigenvalue weighted by Crippen LogP contribution is 2.44. The second-order valence-electron chi connectivity index (χ2n) is 9.72. The topological polar surface area (TPSA) is 91.6 Å². The first-order valence-electron chi connectivity index (χ1n) is 11.1. The average Bonchev–Trinajstić information content (AvgIpc) is 3.32. The third-order valence-electron chi connectivity index (χ3n) is 6.81. The van der Waals surface area contributed by atoms with E-state index in [2.05, 4.69) is 33.7 Å². The van der Waals surface area contributed by atoms with E-state index in [-0.39, 0.29) is 30.5 Å². The first-order chi connectivity index (χ1) is 14.8. The van der Waals surface area contributed by atoms with Gasteiger partial charge in [0.15, 0.2) is 17.7 Å². The summed E-state index contributed by atoms with van der Waals surface area (Å²) < 4.78 is 21.1. The molecule has 2 aromatic heterocycles. The minimum atomic E-state index is -0.682. The summed E-state index contributed by atoms with van der Waals surface area (Å²) in [4.78, 5) is 26.7. The fourth-order valence-electron chi connectivity index (χ4n) is 5.19. The molecule has 0 aromatic carbocycles. The lowest BCUT2D eigenvalue weighted by molar-refractivity contribution is -0.199. The number of aldehydes is 1. The van der Waals surface area contributed by atoms with Crippen molar-refractivity contribution < 1.29 is 19.0 Å². The summed E-state index contributed by atoms with van der Waals surface area (Å²) in [5, 5.41) is 0. The van der Waals surface area contributed by atoms with E-state index in [4.69, 9.17) is 14.2 Å². The van der Waals surface area contributed by atoms with E-state index in [9.17, 15) is 4.79 Å². The molecule has 168 valence electrons. The van der Waals surface area contributed by atoms with Gasteiger partial charge in [-0.3, -0.25) is 9.47 Å². The Morgan fingerprint density at radius 2 is 1.97 bits per heavy atom. The summed E-state index contributed by atoms with van der Waals surface area (Å²) in [5.74, 6) is -0.500. The largest absolute Gasteiger partial charge is 0.348 e. The minimum Gasteiger partial charge on any atom is -0.348 e. The molecule has 9 heteroatoms. The monoisotopic (exact) mass is 429 g/mol. The number of fused-ring (bicyclic) bond motifs is 2. The second-order valence-corrected chi connectivity index (χ2v) is 9.72. The molecular formula is C22H31N5O4. The van der Waals surface area contributed by atoms with Gasteiger partial charge in [0.1, 0.15) is 36.4 Å². The number of aryl methyl sites for hydroxylation is 1. The van der Waals surface area contributed by atoms with Crippen molar-refractivity contribution in [2.24, 2.45) is 5.92 Å². The predicted octanol–water partition coefficient (Wildman–Crippen LogP) is 2.24. The summed E-state index contributed by atoms with van der Waals surface area (Å²) in [7, 11) is 0. The average molecular weight is 430 g/mol. The van der Waals surface area contributed by atoms with Crippen molar-refractivity contribution in [2.75, 3.05) is 6.54 Å². The molecule has 0 bridgehead atoms. The van der Waals surface area contributed by atoms with E-state index in [0.29, 0.717) is 12.1 Å². The Kier molecular flexibility index (Phi) is 5.12. The molecule has 31 heavy (non-hydrogen) atoms. The Bertz CT molecular complexity index is 970. The molecule has 3 aliphatic rings. The summed E-state index contributed by atoms with van der Waals surface area (Å²) in [5.41, 5.74) is 2.33. The smallest absolute Gasteiger partial charge is 0.166 e. The lowest BCUT2D eigenvalue weighted by Crippen LogP contribution is -2.52. The highest BCUT2D eigenvalue weighted by molar-refractivity contribution is 5.72. The van der Waals surface area contributed by atoms with Crippen molar-refractivity contribution in [3.05, 3.63) is 18.3 Å². The van der Waals surface area contributed by atoms with Crippen LogP contribution in [0.3, 0.4) is 0 Å². The maximum absolute atomic E-state index is 11.1. The van der Waals surface area contributed by atoms with Crippen LogP contribution in [0, 0.1) is 12.8 Å². The van der Waals surface area contributed by atoms with E-state index >= 15 is 0 Å². The molecule has 1 saturated carbocycles. The van der Waals surface area contributed by atoms with E-state index in [0.717, 1.165) is 42.5 Å². The lowest BCUT2D eigenvalue weighted by Gasteiger charge is -2.44. The van der Waals surface area contributed by atoms with Gasteiger partial charge in [-0.25, -0.2) is 15.0 Å². The molecule has 5 rings (SSSR count). The van der Waals surface area contributed by atoms with Crippen LogP contribution in [0.25, 0.3) is 11.2 Å². The molecule has 0 amide bonds. The fraction of sp³-hybridized carbons (Fsp3) is 0.727. The number of hydrogen-bond acceptors (Lipinski definition) is 8. The fourth-order valence-corrected chi connectivity index (χ4v) is 5.19. The molecule has 0 unspecified atom stereocenters. The standard InChI is InChI=1S/C22H31N5O4/c1-12(2)26(15-6-14(7-15)9-28)8-16-18-19(31-22(4,5)30-18)21(29-16)27-11-25-17-13(3)23-10-24-20(17)27/h9-12,14-16,18-19,21H,6-8H2,1-5H3/t14?,15?,16-,18-,19-,21-/m1/s1. The lowest BCUT2D eigenvalue weighted by atomic mass is 9.79. The van der Waals surface area contributed by atoms with Crippen molar-refractivity contribution in [1.82, 2.24) is 24.4 Å². The molecule has 1 aliphatic carbocycles. The van der Waals surface area contributed by atoms with Gasteiger partial charge in [-0.1, -0.05) is 0 Å². The molecule has 9 nitrogen and oxygen atoms in total. The maximum atomic E-state index is 11.1. The van der Waals surface area contributed by atoms with Crippen LogP contribution < -0.4 is 0 Å². The third kappa shape index (κ3) is 3.57. The molecule has 2 aliphatic heterocycles. The van der Waals surface area contributed by atoms with Crippen molar-refractivity contribution in [3.8, 4) is 0 Å². The zero-order valence-electron chi connectivity index (χ0n) is 18.8. The van der Waals surface area contributed by atoms with Crippen LogP contribution in [-0.4, -0.2) is 73.4 Å². The van der Waals surface area contributed by atoms with E-state index in [1.54, 1.807) is 12.7 Å². The van der Waals surface area contributed by atoms with Crippen molar-refractivity contribution >= 4 is 17.5 Å². The molecule has 0 radical (unpaired) electrons. The zero-order valence-corrected chi connectivity index (χ0v) is 18.8. The van der Waals surface area contributed by atoms with Gasteiger partial charge in [-0.2, -0.15) is 0 Å². The summed E-state index contributed by atoms with van der Waals surface area (Å²) in [6.07, 6.45) is 5.23. The molecule has 3 fully saturated rings. The van der Waals surface area contributed by atoms with Gasteiger partial charge in [-0.05, 0) is 47.5 Å². The number of hydrogen-bond donors (Lipinski definition) is 0. The summed E-state index contributed by atoms with van der Waals surface area (Å²) in [6, 6.07) is 0.745. The van der Waals surface area contributed by atoms with Crippen molar-refractivity contribution in [2.45, 2.75) is 89.9 Å². The number of carbonyl (C=O) groups excluding carboxylic acids is 1. The van der Waals surface area contributed by atoms with Gasteiger partial charge in [0.25, 0.3) is 0 Å². The summed E-state index contributed by atoms with van der Waals surface area (Å²) in [6.45, 7) is 10.9. The molecule has 0 N–H and O–H groups in total. The Balaban J connectivity index is 1.42. The molecule has 4 heterocycles. The second kappa shape index (κ2) is 7.58. The minimum absolute atomic E-state index is 0.158. The molecule has 2 saturated heterocycles. The first-order valence-corrected chi connectivity index (χ1v) is 11.1. The van der Waals surface area contributed by atoms with Crippen molar-refractivity contribution in [3.63, 3.8) is 0 Å². The van der Waals surface area contributed by atoms with Crippen molar-refractivity contribution in [1.29, 1.82) is 0 Å². The number of imidazole rings is 1. The highest BCUT2D eigenvalue weighted by atomic mass is 16.8. The normalized spacial score (nSPS) is 34.4. The Hall–Kier alpha value is -1.94.